The van der Waals surface area contributed by atoms with Crippen LogP contribution in [0.2, 0.25) is 0 Å². The number of hydroxylamine groups is 2. The van der Waals surface area contributed by atoms with Crippen molar-refractivity contribution in [3.05, 3.63) is 33.4 Å². The summed E-state index contributed by atoms with van der Waals surface area (Å²) in [6, 6.07) is 7.68. The molecule has 1 rings (SSSR count). The van der Waals surface area contributed by atoms with Crippen LogP contribution in [-0.4, -0.2) is 28.5 Å². The summed E-state index contributed by atoms with van der Waals surface area (Å²) in [6.07, 6.45) is -1.75. The van der Waals surface area contributed by atoms with Crippen LogP contribution in [0.5, 0.6) is 0 Å². The number of hydrogen-bond donors (Lipinski definition) is 0. The molecule has 0 aromatic heterocycles. The maximum atomic E-state index is 12.5. The van der Waals surface area contributed by atoms with Gasteiger partial charge >= 0.3 is 12.2 Å². The summed E-state index contributed by atoms with van der Waals surface area (Å²) in [5.74, 6) is 0. The van der Waals surface area contributed by atoms with Gasteiger partial charge in [0.2, 0.25) is 0 Å². The zero-order valence-corrected chi connectivity index (χ0v) is 18.6. The number of benzene rings is 1. The van der Waals surface area contributed by atoms with Crippen LogP contribution in [0, 0.1) is 3.57 Å². The topological polar surface area (TPSA) is 65.1 Å². The second-order valence-corrected chi connectivity index (χ2v) is 9.06. The molecular formula is C19H28INO5. The molecule has 6 nitrogen and oxygen atoms in total. The van der Waals surface area contributed by atoms with E-state index in [1.54, 1.807) is 41.5 Å². The number of halogens is 1. The third-order valence-electron chi connectivity index (χ3n) is 2.94. The lowest BCUT2D eigenvalue weighted by Crippen LogP contribution is -2.44. The van der Waals surface area contributed by atoms with E-state index in [0.717, 1.165) is 9.13 Å². The second-order valence-electron chi connectivity index (χ2n) is 7.81. The summed E-state index contributed by atoms with van der Waals surface area (Å²) in [6.45, 7) is 12.2. The second kappa shape index (κ2) is 9.03. The third-order valence-corrected chi connectivity index (χ3v) is 3.61. The average molecular weight is 477 g/mol. The average Bonchev–Trinajstić information content (AvgIpc) is 2.44. The van der Waals surface area contributed by atoms with Gasteiger partial charge in [0, 0.05) is 3.57 Å². The Morgan fingerprint density at radius 2 is 1.54 bits per heavy atom. The van der Waals surface area contributed by atoms with E-state index < -0.39 is 29.5 Å². The van der Waals surface area contributed by atoms with Gasteiger partial charge in [-0.1, -0.05) is 24.1 Å². The first-order valence-electron chi connectivity index (χ1n) is 8.50. The highest BCUT2D eigenvalue weighted by molar-refractivity contribution is 14.1. The van der Waals surface area contributed by atoms with Gasteiger partial charge in [-0.25, -0.2) is 9.59 Å². The minimum atomic E-state index is -0.907. The van der Waals surface area contributed by atoms with Crippen molar-refractivity contribution >= 4 is 34.8 Å². The molecule has 0 radical (unpaired) electrons. The number of carbonyl (C=O) groups excluding carboxylic acids is 2. The van der Waals surface area contributed by atoms with E-state index in [0.29, 0.717) is 11.5 Å². The van der Waals surface area contributed by atoms with Gasteiger partial charge in [-0.05, 0) is 88.3 Å². The zero-order valence-electron chi connectivity index (χ0n) is 16.5. The highest BCUT2D eigenvalue weighted by Gasteiger charge is 2.34. The van der Waals surface area contributed by atoms with Gasteiger partial charge in [-0.3, -0.25) is 4.84 Å². The summed E-state index contributed by atoms with van der Waals surface area (Å²) in [4.78, 5) is 30.8. The molecule has 0 heterocycles. The van der Waals surface area contributed by atoms with Crippen molar-refractivity contribution in [3.8, 4) is 0 Å². The molecule has 0 aliphatic heterocycles. The Balaban J connectivity index is 3.09. The maximum absolute atomic E-state index is 12.5. The first-order valence-corrected chi connectivity index (χ1v) is 9.58. The van der Waals surface area contributed by atoms with E-state index in [2.05, 4.69) is 22.6 Å². The molecule has 7 heteroatoms. The zero-order chi connectivity index (χ0) is 20.1. The van der Waals surface area contributed by atoms with E-state index in [4.69, 9.17) is 14.3 Å². The normalized spacial score (nSPS) is 13.1. The number of amides is 2. The minimum Gasteiger partial charge on any atom is -0.442 e. The lowest BCUT2D eigenvalue weighted by molar-refractivity contribution is -0.172. The number of nitrogens with zero attached hydrogens (tertiary/aromatic N) is 1. The van der Waals surface area contributed by atoms with Crippen LogP contribution in [0.3, 0.4) is 0 Å². The molecule has 0 spiro atoms. The molecule has 1 aromatic carbocycles. The smallest absolute Gasteiger partial charge is 0.442 e. The van der Waals surface area contributed by atoms with E-state index >= 15 is 0 Å². The van der Waals surface area contributed by atoms with Crippen LogP contribution in [-0.2, 0) is 14.3 Å². The fraction of sp³-hybridized carbons (Fsp3) is 0.579. The first kappa shape index (κ1) is 22.7. The highest BCUT2D eigenvalue weighted by Crippen LogP contribution is 2.26. The van der Waals surface area contributed by atoms with Crippen LogP contribution >= 0.6 is 22.6 Å². The quantitative estimate of drug-likeness (QED) is 0.402. The van der Waals surface area contributed by atoms with E-state index in [-0.39, 0.29) is 0 Å². The Morgan fingerprint density at radius 3 is 1.92 bits per heavy atom. The van der Waals surface area contributed by atoms with Gasteiger partial charge in [0.05, 0.1) is 0 Å². The molecule has 0 fully saturated rings. The summed E-state index contributed by atoms with van der Waals surface area (Å²) in [5, 5.41) is 0.574. The highest BCUT2D eigenvalue weighted by atomic mass is 127. The molecule has 0 bridgehead atoms. The molecule has 0 aliphatic rings. The Labute approximate surface area is 169 Å². The monoisotopic (exact) mass is 477 g/mol. The van der Waals surface area contributed by atoms with Crippen LogP contribution in [0.1, 0.15) is 66.6 Å². The molecule has 1 aromatic rings. The lowest BCUT2D eigenvalue weighted by Gasteiger charge is -2.30. The molecule has 146 valence electrons. The Bertz CT molecular complexity index is 606. The predicted molar refractivity (Wildman–Crippen MR) is 108 cm³/mol. The largest absolute Gasteiger partial charge is 0.444 e. The molecular weight excluding hydrogens is 449 g/mol. The molecule has 0 aliphatic carbocycles. The van der Waals surface area contributed by atoms with E-state index in [9.17, 15) is 9.59 Å². The molecule has 2 amide bonds. The van der Waals surface area contributed by atoms with Gasteiger partial charge in [0.25, 0.3) is 0 Å². The van der Waals surface area contributed by atoms with Crippen molar-refractivity contribution in [2.45, 2.75) is 72.2 Å². The molecule has 0 saturated carbocycles. The van der Waals surface area contributed by atoms with Gasteiger partial charge in [-0.2, -0.15) is 0 Å². The number of hydrogen-bond acceptors (Lipinski definition) is 5. The van der Waals surface area contributed by atoms with Crippen molar-refractivity contribution in [3.63, 3.8) is 0 Å². The Hall–Kier alpha value is -1.35. The Morgan fingerprint density at radius 1 is 1.04 bits per heavy atom. The summed E-state index contributed by atoms with van der Waals surface area (Å²) < 4.78 is 11.6. The van der Waals surface area contributed by atoms with Crippen LogP contribution < -0.4 is 0 Å². The standard InChI is InChI=1S/C19H28INO5/c1-8-15(13-10-9-11-14(20)12-13)26-21(16(22)24-18(2,3)4)17(23)25-19(5,6)7/h9-12,15H,8H2,1-7H3. The van der Waals surface area contributed by atoms with Crippen LogP contribution in [0.25, 0.3) is 0 Å². The molecule has 1 atom stereocenters. The van der Waals surface area contributed by atoms with E-state index in [1.807, 2.05) is 31.2 Å². The molecule has 1 unspecified atom stereocenters. The van der Waals surface area contributed by atoms with Gasteiger partial charge in [0.15, 0.2) is 0 Å². The van der Waals surface area contributed by atoms with Gasteiger partial charge < -0.3 is 9.47 Å². The fourth-order valence-corrected chi connectivity index (χ4v) is 2.54. The first-order chi connectivity index (χ1) is 11.8. The SMILES string of the molecule is CCC(ON(C(=O)OC(C)(C)C)C(=O)OC(C)(C)C)c1cccc(I)c1. The van der Waals surface area contributed by atoms with Gasteiger partial charge in [-0.15, -0.1) is 0 Å². The predicted octanol–water partition coefficient (Wildman–Crippen LogP) is 5.85. The maximum Gasteiger partial charge on any atom is 0.444 e. The minimum absolute atomic E-state index is 0.496. The summed E-state index contributed by atoms with van der Waals surface area (Å²) in [5.41, 5.74) is -0.689. The van der Waals surface area contributed by atoms with Crippen molar-refractivity contribution in [1.82, 2.24) is 5.06 Å². The van der Waals surface area contributed by atoms with Crippen molar-refractivity contribution in [2.24, 2.45) is 0 Å². The van der Waals surface area contributed by atoms with Crippen molar-refractivity contribution < 1.29 is 23.9 Å². The van der Waals surface area contributed by atoms with E-state index in [1.165, 1.54) is 0 Å². The molecule has 0 N–H and O–H groups in total. The number of carbonyl (C=O) groups is 2. The number of rotatable bonds is 4. The fourth-order valence-electron chi connectivity index (χ4n) is 1.97. The summed E-state index contributed by atoms with van der Waals surface area (Å²) in [7, 11) is 0. The summed E-state index contributed by atoms with van der Waals surface area (Å²) >= 11 is 2.20. The van der Waals surface area contributed by atoms with Crippen LogP contribution in [0.4, 0.5) is 9.59 Å². The van der Waals surface area contributed by atoms with Crippen molar-refractivity contribution in [1.29, 1.82) is 0 Å². The third kappa shape index (κ3) is 7.90. The molecule has 26 heavy (non-hydrogen) atoms. The Kier molecular flexibility index (Phi) is 7.88. The number of imide groups is 1. The molecule has 0 saturated heterocycles. The lowest BCUT2D eigenvalue weighted by atomic mass is 10.1. The van der Waals surface area contributed by atoms with Crippen molar-refractivity contribution in [2.75, 3.05) is 0 Å². The van der Waals surface area contributed by atoms with Gasteiger partial charge in [0.1, 0.15) is 17.3 Å². The van der Waals surface area contributed by atoms with Crippen LogP contribution in [0.15, 0.2) is 24.3 Å². The number of ether oxygens (including phenoxy) is 2.